The van der Waals surface area contributed by atoms with E-state index in [1.807, 2.05) is 6.07 Å². The lowest BCUT2D eigenvalue weighted by molar-refractivity contribution is -0.121. The molecule has 7 nitrogen and oxygen atoms in total. The predicted octanol–water partition coefficient (Wildman–Crippen LogP) is 2.83. The second kappa shape index (κ2) is 7.52. The molecule has 1 heterocycles. The van der Waals surface area contributed by atoms with E-state index in [1.54, 1.807) is 43.3 Å². The number of hydrogen-bond acceptors (Lipinski definition) is 5. The van der Waals surface area contributed by atoms with Gasteiger partial charge < -0.3 is 14.5 Å². The van der Waals surface area contributed by atoms with Crippen LogP contribution >= 0.6 is 0 Å². The van der Waals surface area contributed by atoms with Gasteiger partial charge in [0.1, 0.15) is 11.3 Å². The molecule has 2 N–H and O–H groups in total. The summed E-state index contributed by atoms with van der Waals surface area (Å²) < 4.78 is 10.5. The number of fused-ring (bicyclic) bond motifs is 1. The summed E-state index contributed by atoms with van der Waals surface area (Å²) >= 11 is 0. The second-order valence-corrected chi connectivity index (χ2v) is 5.56. The summed E-state index contributed by atoms with van der Waals surface area (Å²) in [6, 6.07) is 14.4. The van der Waals surface area contributed by atoms with Crippen LogP contribution in [0.4, 0.5) is 10.5 Å². The highest BCUT2D eigenvalue weighted by Gasteiger charge is 2.10. The molecule has 26 heavy (non-hydrogen) atoms. The maximum atomic E-state index is 11.8. The zero-order valence-electron chi connectivity index (χ0n) is 13.9. The summed E-state index contributed by atoms with van der Waals surface area (Å²) in [4.78, 5) is 35.0. The Morgan fingerprint density at radius 1 is 1.08 bits per heavy atom. The van der Waals surface area contributed by atoms with Gasteiger partial charge in [0.15, 0.2) is 6.61 Å². The zero-order valence-corrected chi connectivity index (χ0v) is 13.9. The van der Waals surface area contributed by atoms with Crippen LogP contribution < -0.4 is 21.0 Å². The van der Waals surface area contributed by atoms with Gasteiger partial charge in [-0.25, -0.2) is 9.59 Å². The van der Waals surface area contributed by atoms with E-state index in [2.05, 4.69) is 10.6 Å². The van der Waals surface area contributed by atoms with Crippen molar-refractivity contribution in [3.63, 3.8) is 0 Å². The molecule has 1 aromatic heterocycles. The Bertz CT molecular complexity index is 1010. The van der Waals surface area contributed by atoms with Gasteiger partial charge in [-0.2, -0.15) is 0 Å². The summed E-state index contributed by atoms with van der Waals surface area (Å²) in [6.45, 7) is 1.45. The number of nitrogens with one attached hydrogen (secondary N) is 2. The monoisotopic (exact) mass is 352 g/mol. The fourth-order valence-corrected chi connectivity index (χ4v) is 2.39. The first-order valence-corrected chi connectivity index (χ1v) is 7.84. The summed E-state index contributed by atoms with van der Waals surface area (Å²) in [6.07, 6.45) is 0. The third-order valence-electron chi connectivity index (χ3n) is 3.58. The number of para-hydroxylation sites is 1. The summed E-state index contributed by atoms with van der Waals surface area (Å²) in [5.41, 5.74) is 1.27. The van der Waals surface area contributed by atoms with E-state index in [0.717, 1.165) is 10.9 Å². The standard InChI is InChI=1S/C19H16N2O5/c1-12-9-18(23)26-16-10-14(7-8-15(12)16)25-11-17(22)21-19(24)20-13-5-3-2-4-6-13/h2-10H,11H2,1H3,(H2,20,21,22,24). The minimum atomic E-state index is -0.648. The number of benzene rings is 2. The zero-order chi connectivity index (χ0) is 18.5. The fraction of sp³-hybridized carbons (Fsp3) is 0.105. The van der Waals surface area contributed by atoms with Crippen LogP contribution in [-0.4, -0.2) is 18.5 Å². The molecule has 3 amide bonds. The molecule has 0 aliphatic heterocycles. The number of amides is 3. The first-order valence-electron chi connectivity index (χ1n) is 7.84. The van der Waals surface area contributed by atoms with Gasteiger partial charge in [-0.15, -0.1) is 0 Å². The van der Waals surface area contributed by atoms with Crippen LogP contribution in [0.15, 0.2) is 63.8 Å². The van der Waals surface area contributed by atoms with E-state index < -0.39 is 17.6 Å². The quantitative estimate of drug-likeness (QED) is 0.704. The van der Waals surface area contributed by atoms with Crippen LogP contribution in [0.5, 0.6) is 5.75 Å². The molecule has 0 saturated carbocycles. The van der Waals surface area contributed by atoms with Gasteiger partial charge in [0.05, 0.1) is 0 Å². The third kappa shape index (κ3) is 4.27. The largest absolute Gasteiger partial charge is 0.484 e. The van der Waals surface area contributed by atoms with Gasteiger partial charge in [0.2, 0.25) is 0 Å². The Morgan fingerprint density at radius 3 is 2.62 bits per heavy atom. The fourth-order valence-electron chi connectivity index (χ4n) is 2.39. The SMILES string of the molecule is Cc1cc(=O)oc2cc(OCC(=O)NC(=O)Nc3ccccc3)ccc12. The van der Waals surface area contributed by atoms with E-state index in [0.29, 0.717) is 17.0 Å². The van der Waals surface area contributed by atoms with E-state index in [1.165, 1.54) is 12.1 Å². The van der Waals surface area contributed by atoms with Gasteiger partial charge in [-0.05, 0) is 36.8 Å². The number of hydrogen-bond donors (Lipinski definition) is 2. The molecule has 0 aliphatic carbocycles. The lowest BCUT2D eigenvalue weighted by Gasteiger charge is -2.09. The Hall–Kier alpha value is -3.61. The van der Waals surface area contributed by atoms with Gasteiger partial charge >= 0.3 is 11.7 Å². The predicted molar refractivity (Wildman–Crippen MR) is 96.3 cm³/mol. The molecular weight excluding hydrogens is 336 g/mol. The number of aryl methyl sites for hydroxylation is 1. The summed E-state index contributed by atoms with van der Waals surface area (Å²) in [7, 11) is 0. The van der Waals surface area contributed by atoms with Gasteiger partial charge in [-0.1, -0.05) is 18.2 Å². The molecule has 7 heteroatoms. The van der Waals surface area contributed by atoms with Crippen LogP contribution in [0.1, 0.15) is 5.56 Å². The first-order chi connectivity index (χ1) is 12.5. The van der Waals surface area contributed by atoms with Gasteiger partial charge in [-0.3, -0.25) is 10.1 Å². The molecule has 0 bridgehead atoms. The molecule has 2 aromatic carbocycles. The van der Waals surface area contributed by atoms with E-state index >= 15 is 0 Å². The van der Waals surface area contributed by atoms with Crippen molar-refractivity contribution in [2.45, 2.75) is 6.92 Å². The van der Waals surface area contributed by atoms with Crippen LogP contribution in [-0.2, 0) is 4.79 Å². The summed E-state index contributed by atoms with van der Waals surface area (Å²) in [5, 5.41) is 5.48. The third-order valence-corrected chi connectivity index (χ3v) is 3.58. The molecule has 0 fully saturated rings. The highest BCUT2D eigenvalue weighted by Crippen LogP contribution is 2.22. The molecule has 0 spiro atoms. The van der Waals surface area contributed by atoms with E-state index in [4.69, 9.17) is 9.15 Å². The van der Waals surface area contributed by atoms with Crippen molar-refractivity contribution in [2.75, 3.05) is 11.9 Å². The minimum Gasteiger partial charge on any atom is -0.484 e. The van der Waals surface area contributed by atoms with E-state index in [-0.39, 0.29) is 6.61 Å². The number of urea groups is 1. The number of ether oxygens (including phenoxy) is 1. The molecule has 0 aliphatic rings. The molecule has 0 saturated heterocycles. The molecule has 3 rings (SSSR count). The van der Waals surface area contributed by atoms with Crippen molar-refractivity contribution < 1.29 is 18.7 Å². The average Bonchev–Trinajstić information content (AvgIpc) is 2.60. The first kappa shape index (κ1) is 17.2. The Labute approximate surface area is 148 Å². The van der Waals surface area contributed by atoms with Crippen molar-refractivity contribution in [3.8, 4) is 5.75 Å². The van der Waals surface area contributed by atoms with Crippen LogP contribution in [0.3, 0.4) is 0 Å². The van der Waals surface area contributed by atoms with Crippen molar-refractivity contribution >= 4 is 28.6 Å². The molecule has 0 atom stereocenters. The molecule has 0 radical (unpaired) electrons. The average molecular weight is 352 g/mol. The maximum absolute atomic E-state index is 11.8. The van der Waals surface area contributed by atoms with Gasteiger partial charge in [0, 0.05) is 23.2 Å². The topological polar surface area (TPSA) is 97.6 Å². The molecular formula is C19H16N2O5. The lowest BCUT2D eigenvalue weighted by atomic mass is 10.1. The molecule has 3 aromatic rings. The normalized spacial score (nSPS) is 10.3. The maximum Gasteiger partial charge on any atom is 0.336 e. The van der Waals surface area contributed by atoms with Crippen molar-refractivity contribution in [1.29, 1.82) is 0 Å². The molecule has 0 unspecified atom stereocenters. The highest BCUT2D eigenvalue weighted by atomic mass is 16.5. The number of carbonyl (C=O) groups is 2. The van der Waals surface area contributed by atoms with Gasteiger partial charge in [0.25, 0.3) is 5.91 Å². The highest BCUT2D eigenvalue weighted by molar-refractivity contribution is 6.01. The molecule has 132 valence electrons. The van der Waals surface area contributed by atoms with Crippen molar-refractivity contribution in [3.05, 3.63) is 70.6 Å². The smallest absolute Gasteiger partial charge is 0.336 e. The Balaban J connectivity index is 1.58. The lowest BCUT2D eigenvalue weighted by Crippen LogP contribution is -2.37. The second-order valence-electron chi connectivity index (χ2n) is 5.56. The van der Waals surface area contributed by atoms with Crippen LogP contribution in [0.2, 0.25) is 0 Å². The number of anilines is 1. The minimum absolute atomic E-state index is 0.352. The number of carbonyl (C=O) groups excluding carboxylic acids is 2. The Kier molecular flexibility index (Phi) is 4.98. The van der Waals surface area contributed by atoms with Crippen LogP contribution in [0.25, 0.3) is 11.0 Å². The van der Waals surface area contributed by atoms with Crippen molar-refractivity contribution in [1.82, 2.24) is 5.32 Å². The van der Waals surface area contributed by atoms with Crippen molar-refractivity contribution in [2.24, 2.45) is 0 Å². The van der Waals surface area contributed by atoms with Crippen LogP contribution in [0, 0.1) is 6.92 Å². The van der Waals surface area contributed by atoms with E-state index in [9.17, 15) is 14.4 Å². The number of imide groups is 1. The Morgan fingerprint density at radius 2 is 1.85 bits per heavy atom. The number of rotatable bonds is 4. The summed E-state index contributed by atoms with van der Waals surface area (Å²) in [5.74, 6) is -0.255.